The summed E-state index contributed by atoms with van der Waals surface area (Å²) >= 11 is 0. The molecule has 20 heavy (non-hydrogen) atoms. The van der Waals surface area contributed by atoms with Crippen molar-refractivity contribution in [3.8, 4) is 0 Å². The summed E-state index contributed by atoms with van der Waals surface area (Å²) in [4.78, 5) is 4.12. The second-order valence-electron chi connectivity index (χ2n) is 5.14. The van der Waals surface area contributed by atoms with Gasteiger partial charge in [0.25, 0.3) is 0 Å². The minimum Gasteiger partial charge on any atom is -0.387 e. The van der Waals surface area contributed by atoms with Gasteiger partial charge in [0.15, 0.2) is 0 Å². The number of rotatable bonds is 7. The van der Waals surface area contributed by atoms with Gasteiger partial charge in [-0.05, 0) is 37.0 Å². The summed E-state index contributed by atoms with van der Waals surface area (Å²) in [7, 11) is 0. The monoisotopic (exact) mass is 270 g/mol. The number of aryl methyl sites for hydroxylation is 1. The first-order chi connectivity index (χ1) is 9.75. The van der Waals surface area contributed by atoms with Gasteiger partial charge in [-0.2, -0.15) is 0 Å². The Kier molecular flexibility index (Phi) is 5.71. The molecule has 0 spiro atoms. The SMILES string of the molecule is CC(CCc1cccnc1)NC[C@H](O)c1ccccc1. The highest BCUT2D eigenvalue weighted by molar-refractivity contribution is 5.17. The molecule has 0 bridgehead atoms. The van der Waals surface area contributed by atoms with Crippen molar-refractivity contribution in [2.24, 2.45) is 0 Å². The van der Waals surface area contributed by atoms with Crippen molar-refractivity contribution in [3.05, 3.63) is 66.0 Å². The van der Waals surface area contributed by atoms with E-state index in [0.29, 0.717) is 12.6 Å². The van der Waals surface area contributed by atoms with E-state index in [0.717, 1.165) is 18.4 Å². The van der Waals surface area contributed by atoms with Crippen molar-refractivity contribution < 1.29 is 5.11 Å². The molecule has 0 fully saturated rings. The molecule has 3 nitrogen and oxygen atoms in total. The second-order valence-corrected chi connectivity index (χ2v) is 5.14. The van der Waals surface area contributed by atoms with E-state index in [2.05, 4.69) is 23.3 Å². The van der Waals surface area contributed by atoms with E-state index in [-0.39, 0.29) is 0 Å². The fourth-order valence-corrected chi connectivity index (χ4v) is 2.14. The average Bonchev–Trinajstić information content (AvgIpc) is 2.52. The molecule has 0 radical (unpaired) electrons. The first-order valence-electron chi connectivity index (χ1n) is 7.11. The summed E-state index contributed by atoms with van der Waals surface area (Å²) in [6.07, 6.45) is 5.29. The van der Waals surface area contributed by atoms with E-state index in [1.807, 2.05) is 42.6 Å². The van der Waals surface area contributed by atoms with Crippen molar-refractivity contribution in [1.29, 1.82) is 0 Å². The zero-order valence-corrected chi connectivity index (χ0v) is 11.9. The number of nitrogens with zero attached hydrogens (tertiary/aromatic N) is 1. The molecule has 1 aromatic carbocycles. The molecule has 1 aromatic heterocycles. The van der Waals surface area contributed by atoms with Crippen LogP contribution in [0.1, 0.15) is 30.6 Å². The van der Waals surface area contributed by atoms with E-state index >= 15 is 0 Å². The smallest absolute Gasteiger partial charge is 0.0914 e. The second kappa shape index (κ2) is 7.78. The van der Waals surface area contributed by atoms with Crippen molar-refractivity contribution in [2.75, 3.05) is 6.54 Å². The molecule has 2 aromatic rings. The lowest BCUT2D eigenvalue weighted by Crippen LogP contribution is -2.30. The maximum absolute atomic E-state index is 10.1. The topological polar surface area (TPSA) is 45.2 Å². The Bertz CT molecular complexity index is 487. The molecule has 2 rings (SSSR count). The van der Waals surface area contributed by atoms with Crippen LogP contribution in [0.25, 0.3) is 0 Å². The van der Waals surface area contributed by atoms with Gasteiger partial charge < -0.3 is 10.4 Å². The molecular formula is C17H22N2O. The fraction of sp³-hybridized carbons (Fsp3) is 0.353. The van der Waals surface area contributed by atoms with E-state index < -0.39 is 6.10 Å². The van der Waals surface area contributed by atoms with Crippen molar-refractivity contribution in [2.45, 2.75) is 31.9 Å². The van der Waals surface area contributed by atoms with Crippen LogP contribution in [0.15, 0.2) is 54.9 Å². The summed E-state index contributed by atoms with van der Waals surface area (Å²) in [6.45, 7) is 2.73. The van der Waals surface area contributed by atoms with Crippen molar-refractivity contribution >= 4 is 0 Å². The Morgan fingerprint density at radius 2 is 1.95 bits per heavy atom. The van der Waals surface area contributed by atoms with Crippen LogP contribution in [0.3, 0.4) is 0 Å². The largest absolute Gasteiger partial charge is 0.387 e. The van der Waals surface area contributed by atoms with Gasteiger partial charge in [-0.3, -0.25) is 4.98 Å². The van der Waals surface area contributed by atoms with Crippen LogP contribution in [0.4, 0.5) is 0 Å². The van der Waals surface area contributed by atoms with Gasteiger partial charge >= 0.3 is 0 Å². The van der Waals surface area contributed by atoms with Crippen LogP contribution in [-0.4, -0.2) is 22.7 Å². The van der Waals surface area contributed by atoms with Gasteiger partial charge in [-0.15, -0.1) is 0 Å². The van der Waals surface area contributed by atoms with Crippen LogP contribution < -0.4 is 5.32 Å². The first-order valence-corrected chi connectivity index (χ1v) is 7.11. The molecule has 3 heteroatoms. The lowest BCUT2D eigenvalue weighted by Gasteiger charge is -2.17. The third-order valence-electron chi connectivity index (χ3n) is 3.43. The normalized spacial score (nSPS) is 13.9. The number of aliphatic hydroxyl groups is 1. The number of aromatic nitrogens is 1. The molecule has 0 amide bonds. The Labute approximate surface area is 120 Å². The van der Waals surface area contributed by atoms with Gasteiger partial charge in [0.05, 0.1) is 6.10 Å². The van der Waals surface area contributed by atoms with E-state index in [1.165, 1.54) is 5.56 Å². The Hall–Kier alpha value is -1.71. The van der Waals surface area contributed by atoms with Crippen LogP contribution in [0.5, 0.6) is 0 Å². The third-order valence-corrected chi connectivity index (χ3v) is 3.43. The van der Waals surface area contributed by atoms with Gasteiger partial charge in [0.1, 0.15) is 0 Å². The maximum atomic E-state index is 10.1. The van der Waals surface area contributed by atoms with Crippen LogP contribution in [-0.2, 0) is 6.42 Å². The highest BCUT2D eigenvalue weighted by Crippen LogP contribution is 2.11. The zero-order chi connectivity index (χ0) is 14.2. The van der Waals surface area contributed by atoms with Gasteiger partial charge in [-0.25, -0.2) is 0 Å². The van der Waals surface area contributed by atoms with Crippen LogP contribution in [0, 0.1) is 0 Å². The molecule has 1 heterocycles. The number of pyridine rings is 1. The molecular weight excluding hydrogens is 248 g/mol. The molecule has 0 saturated heterocycles. The van der Waals surface area contributed by atoms with Gasteiger partial charge in [-0.1, -0.05) is 36.4 Å². The highest BCUT2D eigenvalue weighted by atomic mass is 16.3. The van der Waals surface area contributed by atoms with E-state index in [1.54, 1.807) is 6.20 Å². The Morgan fingerprint density at radius 1 is 1.15 bits per heavy atom. The fourth-order valence-electron chi connectivity index (χ4n) is 2.14. The quantitative estimate of drug-likeness (QED) is 0.813. The molecule has 0 aliphatic heterocycles. The van der Waals surface area contributed by atoms with Gasteiger partial charge in [0.2, 0.25) is 0 Å². The summed E-state index contributed by atoms with van der Waals surface area (Å²) in [5, 5.41) is 13.5. The number of nitrogens with one attached hydrogen (secondary N) is 1. The Balaban J connectivity index is 1.71. The zero-order valence-electron chi connectivity index (χ0n) is 11.9. The van der Waals surface area contributed by atoms with Crippen molar-refractivity contribution in [3.63, 3.8) is 0 Å². The lowest BCUT2D eigenvalue weighted by molar-refractivity contribution is 0.170. The first kappa shape index (κ1) is 14.7. The predicted molar refractivity (Wildman–Crippen MR) is 81.4 cm³/mol. The predicted octanol–water partition coefficient (Wildman–Crippen LogP) is 2.73. The van der Waals surface area contributed by atoms with Crippen molar-refractivity contribution in [1.82, 2.24) is 10.3 Å². The number of benzene rings is 1. The summed E-state index contributed by atoms with van der Waals surface area (Å²) in [5.41, 5.74) is 2.21. The molecule has 2 N–H and O–H groups in total. The van der Waals surface area contributed by atoms with E-state index in [4.69, 9.17) is 0 Å². The van der Waals surface area contributed by atoms with Gasteiger partial charge in [0, 0.05) is 25.0 Å². The summed E-state index contributed by atoms with van der Waals surface area (Å²) in [6, 6.07) is 14.2. The third kappa shape index (κ3) is 4.76. The minimum absolute atomic E-state index is 0.369. The number of aliphatic hydroxyl groups excluding tert-OH is 1. The average molecular weight is 270 g/mol. The molecule has 2 atom stereocenters. The molecule has 0 aliphatic rings. The highest BCUT2D eigenvalue weighted by Gasteiger charge is 2.09. The number of hydrogen-bond donors (Lipinski definition) is 2. The van der Waals surface area contributed by atoms with Crippen LogP contribution >= 0.6 is 0 Å². The standard InChI is InChI=1S/C17H22N2O/c1-14(9-10-15-6-5-11-18-12-15)19-13-17(20)16-7-3-2-4-8-16/h2-8,11-12,14,17,19-20H,9-10,13H2,1H3/t14?,17-/m0/s1. The number of hydrogen-bond acceptors (Lipinski definition) is 3. The Morgan fingerprint density at radius 3 is 2.65 bits per heavy atom. The summed E-state index contributed by atoms with van der Waals surface area (Å²) in [5.74, 6) is 0. The molecule has 106 valence electrons. The molecule has 0 aliphatic carbocycles. The molecule has 1 unspecified atom stereocenters. The summed E-state index contributed by atoms with van der Waals surface area (Å²) < 4.78 is 0. The molecule has 0 saturated carbocycles. The van der Waals surface area contributed by atoms with E-state index in [9.17, 15) is 5.11 Å². The lowest BCUT2D eigenvalue weighted by atomic mass is 10.1. The minimum atomic E-state index is -0.447. The van der Waals surface area contributed by atoms with Crippen LogP contribution in [0.2, 0.25) is 0 Å². The maximum Gasteiger partial charge on any atom is 0.0914 e.